The van der Waals surface area contributed by atoms with Crippen molar-refractivity contribution in [3.8, 4) is 0 Å². The number of carbonyl (C=O) groups is 1. The average molecular weight is 374 g/mol. The van der Waals surface area contributed by atoms with Crippen LogP contribution in [0.2, 0.25) is 0 Å². The van der Waals surface area contributed by atoms with Gasteiger partial charge in [-0.15, -0.1) is 11.8 Å². The van der Waals surface area contributed by atoms with E-state index < -0.39 is 5.60 Å². The highest BCUT2D eigenvalue weighted by Gasteiger charge is 2.25. The molecule has 1 fully saturated rings. The van der Waals surface area contributed by atoms with Gasteiger partial charge in [-0.1, -0.05) is 6.08 Å². The first-order chi connectivity index (χ1) is 12.3. The van der Waals surface area contributed by atoms with Crippen LogP contribution in [0.1, 0.15) is 39.4 Å². The maximum absolute atomic E-state index is 12.1. The third-order valence-electron chi connectivity index (χ3n) is 4.47. The summed E-state index contributed by atoms with van der Waals surface area (Å²) in [6, 6.07) is 8.34. The highest BCUT2D eigenvalue weighted by Crippen LogP contribution is 2.27. The number of furan rings is 1. The Labute approximate surface area is 159 Å². The number of rotatable bonds is 3. The molecule has 1 amide bonds. The van der Waals surface area contributed by atoms with Gasteiger partial charge in [0.15, 0.2) is 0 Å². The van der Waals surface area contributed by atoms with Crippen molar-refractivity contribution in [1.82, 2.24) is 4.90 Å². The van der Waals surface area contributed by atoms with Crippen LogP contribution >= 0.6 is 11.8 Å². The highest BCUT2D eigenvalue weighted by atomic mass is 32.2. The van der Waals surface area contributed by atoms with Crippen LogP contribution in [0.3, 0.4) is 0 Å². The van der Waals surface area contributed by atoms with Crippen molar-refractivity contribution >= 4 is 34.9 Å². The van der Waals surface area contributed by atoms with Gasteiger partial charge >= 0.3 is 6.09 Å². The molecular formula is C21H27NO3S. The van der Waals surface area contributed by atoms with Crippen LogP contribution in [0.4, 0.5) is 4.79 Å². The first-order valence-electron chi connectivity index (χ1n) is 9.08. The maximum atomic E-state index is 12.1. The SMILES string of the molecule is CSc1ccc2oc(C=CC3CCN(C(=O)OC(C)(C)C)CC3)cc2c1. The van der Waals surface area contributed by atoms with E-state index in [1.807, 2.05) is 26.8 Å². The second kappa shape index (κ2) is 7.78. The average Bonchev–Trinajstić information content (AvgIpc) is 3.00. The van der Waals surface area contributed by atoms with Crippen molar-refractivity contribution in [2.75, 3.05) is 19.3 Å². The van der Waals surface area contributed by atoms with Crippen molar-refractivity contribution < 1.29 is 13.9 Å². The fourth-order valence-electron chi connectivity index (χ4n) is 3.08. The van der Waals surface area contributed by atoms with E-state index in [-0.39, 0.29) is 6.09 Å². The molecule has 0 aliphatic carbocycles. The third kappa shape index (κ3) is 4.85. The van der Waals surface area contributed by atoms with E-state index in [0.717, 1.165) is 42.7 Å². The molecule has 0 unspecified atom stereocenters. The van der Waals surface area contributed by atoms with Gasteiger partial charge in [-0.05, 0) is 76.1 Å². The molecule has 140 valence electrons. The molecule has 0 saturated carbocycles. The number of likely N-dealkylation sites (tertiary alicyclic amines) is 1. The van der Waals surface area contributed by atoms with E-state index in [2.05, 4.69) is 36.6 Å². The van der Waals surface area contributed by atoms with Crippen LogP contribution in [0.25, 0.3) is 17.0 Å². The number of benzene rings is 1. The summed E-state index contributed by atoms with van der Waals surface area (Å²) < 4.78 is 11.3. The molecule has 3 rings (SSSR count). The standard InChI is InChI=1S/C21H27NO3S/c1-21(2,3)25-20(23)22-11-9-15(10-12-22)5-6-17-13-16-14-18(26-4)7-8-19(16)24-17/h5-8,13-15H,9-12H2,1-4H3. The van der Waals surface area contributed by atoms with E-state index in [1.165, 1.54) is 4.90 Å². The zero-order chi connectivity index (χ0) is 18.7. The number of amides is 1. The van der Waals surface area contributed by atoms with Crippen LogP contribution in [0.15, 0.2) is 39.7 Å². The Morgan fingerprint density at radius 2 is 2.00 bits per heavy atom. The van der Waals surface area contributed by atoms with Crippen molar-refractivity contribution in [1.29, 1.82) is 0 Å². The van der Waals surface area contributed by atoms with E-state index >= 15 is 0 Å². The Morgan fingerprint density at radius 1 is 1.27 bits per heavy atom. The number of hydrogen-bond donors (Lipinski definition) is 0. The van der Waals surface area contributed by atoms with E-state index in [4.69, 9.17) is 9.15 Å². The van der Waals surface area contributed by atoms with E-state index in [1.54, 1.807) is 16.7 Å². The topological polar surface area (TPSA) is 42.7 Å². The number of nitrogens with zero attached hydrogens (tertiary/aromatic N) is 1. The Balaban J connectivity index is 1.56. The fraction of sp³-hybridized carbons (Fsp3) is 0.476. The van der Waals surface area contributed by atoms with Crippen LogP contribution in [-0.2, 0) is 4.74 Å². The number of carbonyl (C=O) groups excluding carboxylic acids is 1. The molecular weight excluding hydrogens is 346 g/mol. The van der Waals surface area contributed by atoms with Gasteiger partial charge in [-0.2, -0.15) is 0 Å². The summed E-state index contributed by atoms with van der Waals surface area (Å²) in [6.07, 6.45) is 8.04. The summed E-state index contributed by atoms with van der Waals surface area (Å²) >= 11 is 1.73. The summed E-state index contributed by atoms with van der Waals surface area (Å²) in [5, 5.41) is 1.14. The lowest BCUT2D eigenvalue weighted by Gasteiger charge is -2.32. The monoisotopic (exact) mass is 373 g/mol. The maximum Gasteiger partial charge on any atom is 0.410 e. The van der Waals surface area contributed by atoms with Gasteiger partial charge in [0.25, 0.3) is 0 Å². The Kier molecular flexibility index (Phi) is 5.66. The minimum atomic E-state index is -0.439. The smallest absolute Gasteiger partial charge is 0.410 e. The summed E-state index contributed by atoms with van der Waals surface area (Å²) in [4.78, 5) is 15.2. The third-order valence-corrected chi connectivity index (χ3v) is 5.19. The second-order valence-corrected chi connectivity index (χ2v) is 8.60. The number of hydrogen-bond acceptors (Lipinski definition) is 4. The van der Waals surface area contributed by atoms with Crippen LogP contribution < -0.4 is 0 Å². The predicted molar refractivity (Wildman–Crippen MR) is 108 cm³/mol. The molecule has 4 nitrogen and oxygen atoms in total. The largest absolute Gasteiger partial charge is 0.457 e. The van der Waals surface area contributed by atoms with Gasteiger partial charge in [-0.25, -0.2) is 4.79 Å². The first-order valence-corrected chi connectivity index (χ1v) is 10.3. The molecule has 5 heteroatoms. The molecule has 0 radical (unpaired) electrons. The molecule has 1 aliphatic rings. The molecule has 0 N–H and O–H groups in total. The molecule has 1 aliphatic heterocycles. The normalized spacial score (nSPS) is 16.5. The summed E-state index contributed by atoms with van der Waals surface area (Å²) in [5.41, 5.74) is 0.479. The van der Waals surface area contributed by atoms with Crippen LogP contribution in [0, 0.1) is 5.92 Å². The van der Waals surface area contributed by atoms with Crippen molar-refractivity contribution in [2.24, 2.45) is 5.92 Å². The van der Waals surface area contributed by atoms with Gasteiger partial charge < -0.3 is 14.1 Å². The zero-order valence-corrected chi connectivity index (χ0v) is 16.8. The number of thioether (sulfide) groups is 1. The number of ether oxygens (including phenoxy) is 1. The number of fused-ring (bicyclic) bond motifs is 1. The minimum Gasteiger partial charge on any atom is -0.457 e. The Hall–Kier alpha value is -1.88. The lowest BCUT2D eigenvalue weighted by atomic mass is 9.96. The second-order valence-electron chi connectivity index (χ2n) is 7.72. The molecule has 2 heterocycles. The highest BCUT2D eigenvalue weighted by molar-refractivity contribution is 7.98. The molecule has 1 aromatic carbocycles. The van der Waals surface area contributed by atoms with Crippen LogP contribution in [-0.4, -0.2) is 35.9 Å². The minimum absolute atomic E-state index is 0.207. The van der Waals surface area contributed by atoms with Crippen LogP contribution in [0.5, 0.6) is 0 Å². The van der Waals surface area contributed by atoms with Crippen molar-refractivity contribution in [2.45, 2.75) is 44.1 Å². The van der Waals surface area contributed by atoms with Crippen molar-refractivity contribution in [3.63, 3.8) is 0 Å². The zero-order valence-electron chi connectivity index (χ0n) is 16.0. The summed E-state index contributed by atoms with van der Waals surface area (Å²) in [5.74, 6) is 1.34. The van der Waals surface area contributed by atoms with E-state index in [9.17, 15) is 4.79 Å². The molecule has 0 spiro atoms. The molecule has 26 heavy (non-hydrogen) atoms. The quantitative estimate of drug-likeness (QED) is 0.636. The summed E-state index contributed by atoms with van der Waals surface area (Å²) in [6.45, 7) is 7.17. The molecule has 2 aromatic rings. The molecule has 0 atom stereocenters. The van der Waals surface area contributed by atoms with Gasteiger partial charge in [0.1, 0.15) is 16.9 Å². The molecule has 1 aromatic heterocycles. The Bertz CT molecular complexity index is 795. The van der Waals surface area contributed by atoms with Gasteiger partial charge in [-0.3, -0.25) is 0 Å². The summed E-state index contributed by atoms with van der Waals surface area (Å²) in [7, 11) is 0. The number of allylic oxidation sites excluding steroid dienone is 1. The Morgan fingerprint density at radius 3 is 2.65 bits per heavy atom. The predicted octanol–water partition coefficient (Wildman–Crippen LogP) is 5.82. The van der Waals surface area contributed by atoms with Crippen molar-refractivity contribution in [3.05, 3.63) is 36.1 Å². The lowest BCUT2D eigenvalue weighted by molar-refractivity contribution is 0.0197. The fourth-order valence-corrected chi connectivity index (χ4v) is 3.53. The molecule has 0 bridgehead atoms. The van der Waals surface area contributed by atoms with Gasteiger partial charge in [0.2, 0.25) is 0 Å². The first kappa shape index (κ1) is 18.9. The lowest BCUT2D eigenvalue weighted by Crippen LogP contribution is -2.41. The molecule has 1 saturated heterocycles. The van der Waals surface area contributed by atoms with Gasteiger partial charge in [0, 0.05) is 23.4 Å². The van der Waals surface area contributed by atoms with E-state index in [0.29, 0.717) is 5.92 Å². The number of piperidine rings is 1. The van der Waals surface area contributed by atoms with Gasteiger partial charge in [0.05, 0.1) is 0 Å².